The predicted molar refractivity (Wildman–Crippen MR) is 272 cm³/mol. The van der Waals surface area contributed by atoms with Gasteiger partial charge in [-0.3, -0.25) is 0 Å². The first-order valence-corrected chi connectivity index (χ1v) is 23.5. The molecule has 65 heavy (non-hydrogen) atoms. The van der Waals surface area contributed by atoms with Crippen molar-refractivity contribution in [3.05, 3.63) is 140 Å². The van der Waals surface area contributed by atoms with Crippen LogP contribution in [0.2, 0.25) is 0 Å². The van der Waals surface area contributed by atoms with Gasteiger partial charge in [-0.1, -0.05) is 48.5 Å². The Morgan fingerprint density at radius 1 is 0.400 bits per heavy atom. The van der Waals surface area contributed by atoms with E-state index in [1.807, 2.05) is 48.6 Å². The largest absolute Gasteiger partial charge is 0.355 e. The predicted octanol–water partition coefficient (Wildman–Crippen LogP) is 14.2. The Hall–Kier alpha value is -6.11. The SMILES string of the molecule is C1=Cc2cc3ccc(cc4nc(cc5ccc(cc1n2)[nH]5)C=C4)[nH]3.CCC1=C(CC)c2nc1c(CC)c1[nH]c(cc3nc(cc4c(CC)c(CC)c(c2CC)n4CC)C=C3)cc1CC.[Pt]. The van der Waals surface area contributed by atoms with Crippen LogP contribution in [-0.2, 0) is 59.7 Å². The summed E-state index contributed by atoms with van der Waals surface area (Å²) < 4.78 is 2.55. The summed E-state index contributed by atoms with van der Waals surface area (Å²) in [6, 6.07) is 23.2. The molecular formula is C56H60N8Pt. The third kappa shape index (κ3) is 8.86. The molecule has 0 unspecified atom stereocenters. The van der Waals surface area contributed by atoms with Gasteiger partial charge in [-0.05, 0) is 183 Å². The summed E-state index contributed by atoms with van der Waals surface area (Å²) >= 11 is 0. The van der Waals surface area contributed by atoms with Crippen LogP contribution in [0.3, 0.4) is 0 Å². The second kappa shape index (κ2) is 19.6. The summed E-state index contributed by atoms with van der Waals surface area (Å²) in [7, 11) is 0. The molecule has 0 saturated heterocycles. The molecule has 0 aromatic carbocycles. The number of rotatable bonds is 8. The van der Waals surface area contributed by atoms with E-state index in [-0.39, 0.29) is 21.1 Å². The molecule has 6 aromatic heterocycles. The van der Waals surface area contributed by atoms with Gasteiger partial charge in [-0.15, -0.1) is 0 Å². The van der Waals surface area contributed by atoms with Crippen LogP contribution < -0.4 is 0 Å². The van der Waals surface area contributed by atoms with Crippen molar-refractivity contribution in [2.75, 3.05) is 0 Å². The van der Waals surface area contributed by atoms with E-state index in [9.17, 15) is 0 Å². The number of H-pyrrole nitrogens is 3. The van der Waals surface area contributed by atoms with Crippen LogP contribution in [0.5, 0.6) is 0 Å². The molecular weight excluding hydrogens is 980 g/mol. The molecule has 0 amide bonds. The Morgan fingerprint density at radius 3 is 1.22 bits per heavy atom. The van der Waals surface area contributed by atoms with Crippen molar-refractivity contribution >= 4 is 91.7 Å². The van der Waals surface area contributed by atoms with Crippen molar-refractivity contribution in [3.63, 3.8) is 0 Å². The molecule has 3 N–H and O–H groups in total. The Morgan fingerprint density at radius 2 is 0.815 bits per heavy atom. The van der Waals surface area contributed by atoms with Gasteiger partial charge in [0.2, 0.25) is 0 Å². The van der Waals surface area contributed by atoms with Gasteiger partial charge in [0, 0.05) is 77.4 Å². The molecule has 0 radical (unpaired) electrons. The number of nitrogens with one attached hydrogen (secondary N) is 3. The standard InChI is InChI=1S/C36H46N4.C20H14N4.Pt/c1-9-22-19-25-20-23-17-18-24(37-23)21-32-26(10-2)29(13-5)36(40(32)16-8)31(15-7)35-28(12-4)27(11-3)34(39-35)30(14-6)33(22)38-25;1-2-14-10-16-5-6-18(23-16)12-20-8-7-19(24-20)11-17-4-3-15(22-17)9-13(1)21-14;/h17-21,38H,9-16H2,1-8H3;1-12,21,24H;. The van der Waals surface area contributed by atoms with Crippen molar-refractivity contribution in [3.8, 4) is 0 Å². The summed E-state index contributed by atoms with van der Waals surface area (Å²) in [5.74, 6) is 0. The fourth-order valence-electron chi connectivity index (χ4n) is 10.0. The number of fused-ring (bicyclic) bond motifs is 16. The topological polar surface area (TPSA) is 104 Å². The van der Waals surface area contributed by atoms with E-state index >= 15 is 0 Å². The minimum Gasteiger partial charge on any atom is -0.355 e. The maximum atomic E-state index is 5.61. The molecule has 4 aliphatic heterocycles. The van der Waals surface area contributed by atoms with E-state index in [1.165, 1.54) is 66.9 Å². The van der Waals surface area contributed by atoms with E-state index in [0.717, 1.165) is 113 Å². The Kier molecular flexibility index (Phi) is 13.7. The van der Waals surface area contributed by atoms with Crippen molar-refractivity contribution in [2.45, 2.75) is 107 Å². The summed E-state index contributed by atoms with van der Waals surface area (Å²) in [5, 5.41) is 0. The summed E-state index contributed by atoms with van der Waals surface area (Å²) in [5.41, 5.74) is 27.2. The van der Waals surface area contributed by atoms with E-state index in [0.29, 0.717) is 0 Å². The van der Waals surface area contributed by atoms with Gasteiger partial charge in [-0.2, -0.15) is 0 Å². The summed E-state index contributed by atoms with van der Waals surface area (Å²) in [4.78, 5) is 30.5. The van der Waals surface area contributed by atoms with Crippen LogP contribution in [0.4, 0.5) is 0 Å². The maximum Gasteiger partial charge on any atom is 0.0725 e. The van der Waals surface area contributed by atoms with Gasteiger partial charge in [0.25, 0.3) is 0 Å². The van der Waals surface area contributed by atoms with Gasteiger partial charge in [0.15, 0.2) is 0 Å². The molecule has 10 heterocycles. The Balaban J connectivity index is 0.000000195. The summed E-state index contributed by atoms with van der Waals surface area (Å²) in [6.07, 6.45) is 19.3. The number of allylic oxidation sites excluding steroid dienone is 2. The third-order valence-electron chi connectivity index (χ3n) is 12.9. The van der Waals surface area contributed by atoms with Crippen LogP contribution in [0, 0.1) is 0 Å². The Bertz CT molecular complexity index is 3100. The van der Waals surface area contributed by atoms with Gasteiger partial charge in [-0.25, -0.2) is 19.9 Å². The van der Waals surface area contributed by atoms with Gasteiger partial charge >= 0.3 is 0 Å². The zero-order chi connectivity index (χ0) is 44.5. The molecule has 0 spiro atoms. The molecule has 16 bridgehead atoms. The second-order valence-electron chi connectivity index (χ2n) is 16.7. The monoisotopic (exact) mass is 1040 g/mol. The molecule has 0 aliphatic carbocycles. The fraction of sp³-hybridized carbons (Fsp3) is 0.286. The van der Waals surface area contributed by atoms with Crippen molar-refractivity contribution in [1.82, 2.24) is 39.5 Å². The molecule has 6 aromatic rings. The molecule has 0 atom stereocenters. The average molecular weight is 1040 g/mol. The maximum absolute atomic E-state index is 5.61. The number of aryl methyl sites for hydroxylation is 6. The van der Waals surface area contributed by atoms with E-state index in [2.05, 4.69) is 139 Å². The second-order valence-corrected chi connectivity index (χ2v) is 16.7. The normalized spacial score (nSPS) is 12.7. The zero-order valence-corrected chi connectivity index (χ0v) is 41.3. The van der Waals surface area contributed by atoms with Crippen LogP contribution in [-0.4, -0.2) is 39.5 Å². The molecule has 9 heteroatoms. The number of aromatic amines is 3. The first kappa shape index (κ1) is 45.5. The number of hydrogen-bond donors (Lipinski definition) is 3. The van der Waals surface area contributed by atoms with Crippen LogP contribution in [0.1, 0.15) is 142 Å². The minimum atomic E-state index is 0. The number of nitrogens with zero attached hydrogens (tertiary/aromatic N) is 5. The first-order chi connectivity index (χ1) is 31.3. The van der Waals surface area contributed by atoms with E-state index in [4.69, 9.17) is 9.97 Å². The number of hydrogen-bond acceptors (Lipinski definition) is 4. The van der Waals surface area contributed by atoms with Gasteiger partial charge in [0.05, 0.1) is 51.1 Å². The van der Waals surface area contributed by atoms with Crippen LogP contribution in [0.25, 0.3) is 91.7 Å². The van der Waals surface area contributed by atoms with E-state index < -0.39 is 0 Å². The van der Waals surface area contributed by atoms with Gasteiger partial charge < -0.3 is 19.5 Å². The molecule has 10 rings (SSSR count). The van der Waals surface area contributed by atoms with Crippen LogP contribution >= 0.6 is 0 Å². The van der Waals surface area contributed by atoms with E-state index in [1.54, 1.807) is 0 Å². The minimum absolute atomic E-state index is 0. The third-order valence-corrected chi connectivity index (χ3v) is 12.9. The van der Waals surface area contributed by atoms with Crippen LogP contribution in [0.15, 0.2) is 66.7 Å². The van der Waals surface area contributed by atoms with Crippen molar-refractivity contribution < 1.29 is 21.1 Å². The molecule has 4 aliphatic rings. The Labute approximate surface area is 397 Å². The zero-order valence-electron chi connectivity index (χ0n) is 39.0. The molecule has 8 nitrogen and oxygen atoms in total. The smallest absolute Gasteiger partial charge is 0.0725 e. The van der Waals surface area contributed by atoms with Crippen molar-refractivity contribution in [2.24, 2.45) is 0 Å². The first-order valence-electron chi connectivity index (χ1n) is 23.5. The summed E-state index contributed by atoms with van der Waals surface area (Å²) in [6.45, 7) is 19.2. The van der Waals surface area contributed by atoms with Gasteiger partial charge in [0.1, 0.15) is 0 Å². The number of aromatic nitrogens is 8. The molecule has 0 fully saturated rings. The fourth-order valence-corrected chi connectivity index (χ4v) is 10.0. The average Bonchev–Trinajstić information content (AvgIpc) is 4.17. The quantitative estimate of drug-likeness (QED) is 0.141. The molecule has 0 saturated carbocycles. The van der Waals surface area contributed by atoms with Crippen molar-refractivity contribution in [1.29, 1.82) is 0 Å². The molecule has 334 valence electrons.